The van der Waals surface area contributed by atoms with Crippen molar-refractivity contribution in [1.82, 2.24) is 0 Å². The van der Waals surface area contributed by atoms with Crippen molar-refractivity contribution < 1.29 is 17.9 Å². The Morgan fingerprint density at radius 2 is 1.65 bits per heavy atom. The lowest BCUT2D eigenvalue weighted by molar-refractivity contribution is -0.0164. The van der Waals surface area contributed by atoms with Crippen molar-refractivity contribution in [3.63, 3.8) is 0 Å². The van der Waals surface area contributed by atoms with Crippen LogP contribution in [0.25, 0.3) is 0 Å². The molecule has 0 atom stereocenters. The van der Waals surface area contributed by atoms with Gasteiger partial charge < -0.3 is 9.47 Å². The Hall–Kier alpha value is 0.180. The molecule has 1 rings (SSSR count). The first-order valence-electron chi connectivity index (χ1n) is 5.71. The molecule has 0 aliphatic heterocycles. The molecule has 0 fully saturated rings. The van der Waals surface area contributed by atoms with Gasteiger partial charge in [-0.3, -0.25) is 0 Å². The van der Waals surface area contributed by atoms with Crippen LogP contribution < -0.4 is 4.74 Å². The van der Waals surface area contributed by atoms with Crippen LogP contribution in [0.3, 0.4) is 0 Å². The van der Waals surface area contributed by atoms with Crippen LogP contribution in [0.1, 0.15) is 20.8 Å². The first kappa shape index (κ1) is 18.2. The number of hydrogen-bond acceptors (Lipinski definition) is 4. The third kappa shape index (κ3) is 5.89. The van der Waals surface area contributed by atoms with E-state index in [1.54, 1.807) is 0 Å². The van der Waals surface area contributed by atoms with Crippen LogP contribution in [0, 0.1) is 0 Å². The lowest BCUT2D eigenvalue weighted by Gasteiger charge is -2.20. The van der Waals surface area contributed by atoms with Gasteiger partial charge in [0.25, 0.3) is 9.05 Å². The van der Waals surface area contributed by atoms with E-state index in [2.05, 4.69) is 31.9 Å². The minimum Gasteiger partial charge on any atom is -0.489 e. The summed E-state index contributed by atoms with van der Waals surface area (Å²) in [6, 6.07) is 2.79. The Morgan fingerprint density at radius 3 is 2.05 bits per heavy atom. The molecular weight excluding hydrogens is 435 g/mol. The van der Waals surface area contributed by atoms with Gasteiger partial charge in [0.2, 0.25) is 0 Å². The van der Waals surface area contributed by atoms with Crippen LogP contribution >= 0.6 is 42.5 Å². The van der Waals surface area contributed by atoms with Gasteiger partial charge in [-0.2, -0.15) is 0 Å². The van der Waals surface area contributed by atoms with E-state index in [1.807, 2.05) is 20.8 Å². The van der Waals surface area contributed by atoms with Crippen molar-refractivity contribution >= 4 is 51.6 Å². The van der Waals surface area contributed by atoms with Gasteiger partial charge in [0.15, 0.2) is 0 Å². The molecule has 0 spiro atoms. The largest absolute Gasteiger partial charge is 0.489 e. The van der Waals surface area contributed by atoms with Gasteiger partial charge in [-0.25, -0.2) is 8.42 Å². The molecule has 0 saturated carbocycles. The molecule has 0 aromatic heterocycles. The summed E-state index contributed by atoms with van der Waals surface area (Å²) in [5.41, 5.74) is -0.228. The molecule has 0 saturated heterocycles. The molecule has 20 heavy (non-hydrogen) atoms. The highest BCUT2D eigenvalue weighted by molar-refractivity contribution is 9.11. The lowest BCUT2D eigenvalue weighted by Crippen LogP contribution is -2.22. The van der Waals surface area contributed by atoms with E-state index >= 15 is 0 Å². The maximum Gasteiger partial charge on any atom is 0.261 e. The molecule has 0 aliphatic carbocycles. The van der Waals surface area contributed by atoms with Gasteiger partial charge in [-0.05, 0) is 64.8 Å². The van der Waals surface area contributed by atoms with Crippen molar-refractivity contribution in [2.45, 2.75) is 31.3 Å². The molecule has 1 aromatic rings. The summed E-state index contributed by atoms with van der Waals surface area (Å²) in [5, 5.41) is 0. The zero-order valence-electron chi connectivity index (χ0n) is 11.2. The predicted molar refractivity (Wildman–Crippen MR) is 86.1 cm³/mol. The Morgan fingerprint density at radius 1 is 1.15 bits per heavy atom. The van der Waals surface area contributed by atoms with Gasteiger partial charge in [-0.1, -0.05) is 0 Å². The Bertz CT molecular complexity index is 559. The lowest BCUT2D eigenvalue weighted by atomic mass is 10.2. The van der Waals surface area contributed by atoms with Gasteiger partial charge in [0, 0.05) is 10.7 Å². The topological polar surface area (TPSA) is 52.6 Å². The summed E-state index contributed by atoms with van der Waals surface area (Å²) >= 11 is 6.53. The molecule has 0 heterocycles. The quantitative estimate of drug-likeness (QED) is 0.495. The molecule has 0 N–H and O–H groups in total. The zero-order valence-corrected chi connectivity index (χ0v) is 16.0. The summed E-state index contributed by atoms with van der Waals surface area (Å²) in [5.74, 6) is 0.506. The first-order chi connectivity index (χ1) is 9.00. The minimum atomic E-state index is -3.78. The van der Waals surface area contributed by atoms with Gasteiger partial charge >= 0.3 is 0 Å². The van der Waals surface area contributed by atoms with Crippen LogP contribution in [0.15, 0.2) is 26.0 Å². The predicted octanol–water partition coefficient (Wildman–Crippen LogP) is 4.33. The molecule has 0 unspecified atom stereocenters. The molecule has 8 heteroatoms. The Balaban J connectivity index is 2.78. The number of rotatable bonds is 5. The first-order valence-corrected chi connectivity index (χ1v) is 9.61. The van der Waals surface area contributed by atoms with Crippen LogP contribution in [-0.2, 0) is 13.8 Å². The second kappa shape index (κ2) is 6.96. The number of hydrogen-bond donors (Lipinski definition) is 0. The van der Waals surface area contributed by atoms with E-state index in [-0.39, 0.29) is 10.5 Å². The summed E-state index contributed by atoms with van der Waals surface area (Å²) < 4.78 is 34.7. The highest BCUT2D eigenvalue weighted by Gasteiger charge is 2.17. The Labute approximate surface area is 140 Å². The summed E-state index contributed by atoms with van der Waals surface area (Å²) in [6.45, 7) is 6.65. The average Bonchev–Trinajstić information content (AvgIpc) is 2.23. The van der Waals surface area contributed by atoms with Crippen LogP contribution in [0.4, 0.5) is 0 Å². The number of benzene rings is 1. The van der Waals surface area contributed by atoms with Crippen molar-refractivity contribution in [1.29, 1.82) is 0 Å². The monoisotopic (exact) mass is 448 g/mol. The standard InChI is InChI=1S/C12H15Br2ClO4S/c1-12(2,3)19-5-4-18-11-9(13)6-8(7-10(11)14)20(15,16)17/h6-7H,4-5H2,1-3H3. The fraction of sp³-hybridized carbons (Fsp3) is 0.500. The molecular formula is C12H15Br2ClO4S. The zero-order chi connectivity index (χ0) is 15.6. The molecule has 0 amide bonds. The van der Waals surface area contributed by atoms with Gasteiger partial charge in [0.1, 0.15) is 12.4 Å². The highest BCUT2D eigenvalue weighted by Crippen LogP contribution is 2.36. The molecule has 0 aliphatic rings. The molecule has 0 radical (unpaired) electrons. The maximum absolute atomic E-state index is 11.3. The van der Waals surface area contributed by atoms with E-state index in [1.165, 1.54) is 12.1 Å². The van der Waals surface area contributed by atoms with Crippen molar-refractivity contribution in [2.75, 3.05) is 13.2 Å². The van der Waals surface area contributed by atoms with Gasteiger partial charge in [0.05, 0.1) is 26.0 Å². The second-order valence-corrected chi connectivity index (χ2v) is 9.24. The third-order valence-electron chi connectivity index (χ3n) is 2.12. The summed E-state index contributed by atoms with van der Waals surface area (Å²) in [7, 11) is 1.52. The fourth-order valence-electron chi connectivity index (χ4n) is 1.31. The highest BCUT2D eigenvalue weighted by atomic mass is 79.9. The van der Waals surface area contributed by atoms with Crippen LogP contribution in [-0.4, -0.2) is 27.2 Å². The smallest absolute Gasteiger partial charge is 0.261 e. The number of halogens is 3. The SMILES string of the molecule is CC(C)(C)OCCOc1c(Br)cc(S(=O)(=O)Cl)cc1Br. The molecule has 0 bridgehead atoms. The number of ether oxygens (including phenoxy) is 2. The van der Waals surface area contributed by atoms with E-state index in [9.17, 15) is 8.42 Å². The third-order valence-corrected chi connectivity index (χ3v) is 4.63. The van der Waals surface area contributed by atoms with Crippen LogP contribution in [0.2, 0.25) is 0 Å². The van der Waals surface area contributed by atoms with E-state index in [4.69, 9.17) is 20.2 Å². The fourth-order valence-corrected chi connectivity index (χ4v) is 3.81. The molecule has 4 nitrogen and oxygen atoms in total. The van der Waals surface area contributed by atoms with E-state index in [0.717, 1.165) is 0 Å². The van der Waals surface area contributed by atoms with E-state index in [0.29, 0.717) is 27.9 Å². The molecule has 1 aromatic carbocycles. The summed E-state index contributed by atoms with van der Waals surface area (Å²) in [6.07, 6.45) is 0. The summed E-state index contributed by atoms with van der Waals surface area (Å²) in [4.78, 5) is -0.00351. The van der Waals surface area contributed by atoms with E-state index < -0.39 is 9.05 Å². The average molecular weight is 451 g/mol. The normalized spacial score (nSPS) is 12.5. The van der Waals surface area contributed by atoms with Crippen molar-refractivity contribution in [3.05, 3.63) is 21.1 Å². The second-order valence-electron chi connectivity index (χ2n) is 4.96. The van der Waals surface area contributed by atoms with Crippen molar-refractivity contribution in [2.24, 2.45) is 0 Å². The van der Waals surface area contributed by atoms with Gasteiger partial charge in [-0.15, -0.1) is 0 Å². The van der Waals surface area contributed by atoms with Crippen LogP contribution in [0.5, 0.6) is 5.75 Å². The van der Waals surface area contributed by atoms with Crippen molar-refractivity contribution in [3.8, 4) is 5.75 Å². The minimum absolute atomic E-state index is 0.00351. The maximum atomic E-state index is 11.3. The Kier molecular flexibility index (Phi) is 6.34. The molecule has 114 valence electrons.